The molecule has 0 unspecified atom stereocenters. The van der Waals surface area contributed by atoms with E-state index < -0.39 is 16.9 Å². The smallest absolute Gasteiger partial charge is 0.316 e. The fourth-order valence-electron chi connectivity index (χ4n) is 4.32. The monoisotopic (exact) mass is 513 g/mol. The van der Waals surface area contributed by atoms with E-state index in [1.165, 1.54) is 16.0 Å². The number of benzene rings is 1. The summed E-state index contributed by atoms with van der Waals surface area (Å²) in [6.45, 7) is 0.191. The molecule has 1 saturated carbocycles. The van der Waals surface area contributed by atoms with E-state index in [0.717, 1.165) is 30.0 Å². The minimum atomic E-state index is -3.74. The highest BCUT2D eigenvalue weighted by Crippen LogP contribution is 2.30. The first-order valence-corrected chi connectivity index (χ1v) is 13.2. The van der Waals surface area contributed by atoms with Crippen LogP contribution < -0.4 is 15.2 Å². The van der Waals surface area contributed by atoms with Gasteiger partial charge in [-0.05, 0) is 43.9 Å². The van der Waals surface area contributed by atoms with Crippen LogP contribution in [0.25, 0.3) is 5.69 Å². The van der Waals surface area contributed by atoms with Gasteiger partial charge in [-0.1, -0.05) is 17.7 Å². The largest absolute Gasteiger partial charge is 0.483 e. The fourth-order valence-corrected chi connectivity index (χ4v) is 5.82. The van der Waals surface area contributed by atoms with Crippen LogP contribution in [0.15, 0.2) is 35.3 Å². The molecule has 0 radical (unpaired) electrons. The number of rotatable bonds is 8. The van der Waals surface area contributed by atoms with Gasteiger partial charge in [-0.2, -0.15) is 26.8 Å². The maximum Gasteiger partial charge on any atom is 0.316 e. The van der Waals surface area contributed by atoms with Crippen molar-refractivity contribution >= 4 is 27.5 Å². The number of ether oxygens (including phenoxy) is 1. The van der Waals surface area contributed by atoms with Crippen molar-refractivity contribution < 1.29 is 17.5 Å². The molecule has 2 aromatic rings. The molecule has 0 amide bonds. The van der Waals surface area contributed by atoms with Crippen molar-refractivity contribution in [1.29, 1.82) is 0 Å². The summed E-state index contributed by atoms with van der Waals surface area (Å²) < 4.78 is 47.8. The van der Waals surface area contributed by atoms with Crippen LogP contribution in [-0.4, -0.2) is 79.4 Å². The molecular weight excluding hydrogens is 485 g/mol. The first-order valence-electron chi connectivity index (χ1n) is 11.4. The molecule has 0 spiro atoms. The number of anilines is 1. The van der Waals surface area contributed by atoms with Gasteiger partial charge >= 0.3 is 5.56 Å². The number of hydrogen-bond donors (Lipinski definition) is 0. The van der Waals surface area contributed by atoms with Gasteiger partial charge in [0.25, 0.3) is 10.2 Å². The molecule has 9 nitrogen and oxygen atoms in total. The number of hydrogen-bond acceptors (Lipinski definition) is 6. The lowest BCUT2D eigenvalue weighted by molar-refractivity contribution is 0.205. The number of alkyl halides is 1. The van der Waals surface area contributed by atoms with Crippen molar-refractivity contribution in [1.82, 2.24) is 18.4 Å². The van der Waals surface area contributed by atoms with Crippen LogP contribution in [-0.2, 0) is 10.2 Å². The fraction of sp³-hybridized carbons (Fsp3) is 0.545. The van der Waals surface area contributed by atoms with Crippen molar-refractivity contribution in [3.63, 3.8) is 0 Å². The maximum atomic E-state index is 13.5. The van der Waals surface area contributed by atoms with Gasteiger partial charge in [-0.15, -0.1) is 0 Å². The zero-order valence-electron chi connectivity index (χ0n) is 19.1. The van der Waals surface area contributed by atoms with Crippen molar-refractivity contribution in [2.45, 2.75) is 31.8 Å². The molecule has 0 bridgehead atoms. The van der Waals surface area contributed by atoms with Crippen LogP contribution in [0.4, 0.5) is 10.1 Å². The van der Waals surface area contributed by atoms with Crippen molar-refractivity contribution in [2.24, 2.45) is 0 Å². The minimum absolute atomic E-state index is 0.0438. The van der Waals surface area contributed by atoms with Crippen LogP contribution in [0.3, 0.4) is 0 Å². The Balaban J connectivity index is 1.61. The normalized spacial score (nSPS) is 18.1. The third-order valence-corrected chi connectivity index (χ3v) is 8.48. The molecule has 2 aliphatic rings. The van der Waals surface area contributed by atoms with Crippen LogP contribution in [0.2, 0.25) is 5.02 Å². The summed E-state index contributed by atoms with van der Waals surface area (Å²) in [5.41, 5.74) is 0.695. The molecule has 1 aromatic heterocycles. The van der Waals surface area contributed by atoms with Gasteiger partial charge in [-0.25, -0.2) is 4.39 Å². The van der Waals surface area contributed by atoms with Crippen LogP contribution in [0.1, 0.15) is 25.7 Å². The predicted octanol–water partition coefficient (Wildman–Crippen LogP) is 2.48. The topological polar surface area (TPSA) is 88.0 Å². The van der Waals surface area contributed by atoms with E-state index in [1.54, 1.807) is 30.5 Å². The summed E-state index contributed by atoms with van der Waals surface area (Å²) >= 11 is 6.11. The molecule has 1 aliphatic heterocycles. The second-order valence-corrected chi connectivity index (χ2v) is 11.0. The van der Waals surface area contributed by atoms with E-state index in [1.807, 2.05) is 4.90 Å². The number of nitrogens with zero attached hydrogens (tertiary/aromatic N) is 5. The molecule has 4 rings (SSSR count). The van der Waals surface area contributed by atoms with Gasteiger partial charge in [0.1, 0.15) is 12.4 Å². The second kappa shape index (κ2) is 10.6. The van der Waals surface area contributed by atoms with Crippen molar-refractivity contribution in [2.75, 3.05) is 51.3 Å². The van der Waals surface area contributed by atoms with Gasteiger partial charge < -0.3 is 9.64 Å². The molecule has 0 N–H and O–H groups in total. The molecule has 1 aromatic carbocycles. The number of aromatic nitrogens is 2. The molecule has 2 fully saturated rings. The highest BCUT2D eigenvalue weighted by Gasteiger charge is 2.32. The Kier molecular flexibility index (Phi) is 7.76. The van der Waals surface area contributed by atoms with E-state index in [-0.39, 0.29) is 37.0 Å². The summed E-state index contributed by atoms with van der Waals surface area (Å²) in [5, 5.41) is 4.85. The van der Waals surface area contributed by atoms with E-state index in [9.17, 15) is 17.6 Å². The van der Waals surface area contributed by atoms with Crippen LogP contribution in [0.5, 0.6) is 5.75 Å². The summed E-state index contributed by atoms with van der Waals surface area (Å²) in [5.74, 6) is 0.215. The molecular formula is C22H29ClFN5O4S. The summed E-state index contributed by atoms with van der Waals surface area (Å²) in [6.07, 6.45) is 5.41. The van der Waals surface area contributed by atoms with Gasteiger partial charge in [0, 0.05) is 44.8 Å². The highest BCUT2D eigenvalue weighted by molar-refractivity contribution is 7.86. The standard InChI is InChI=1S/C22H29ClFN5O4S/c1-26(10-9-24)34(31,32)28-13-11-27(12-14-28)20-16-25-29(18-6-4-5-17(23)15-18)22(30)21(20)33-19-7-2-3-8-19/h4-6,15-16,19H,2-3,7-14H2,1H3. The Hall–Kier alpha value is -2.21. The molecule has 2 heterocycles. The average molecular weight is 514 g/mol. The number of piperazine rings is 1. The first kappa shape index (κ1) is 24.9. The molecule has 0 atom stereocenters. The lowest BCUT2D eigenvalue weighted by Crippen LogP contribution is -2.53. The van der Waals surface area contributed by atoms with Gasteiger partial charge in [-0.3, -0.25) is 4.79 Å². The van der Waals surface area contributed by atoms with Gasteiger partial charge in [0.15, 0.2) is 0 Å². The molecule has 1 saturated heterocycles. The number of halogens is 2. The van der Waals surface area contributed by atoms with E-state index in [4.69, 9.17) is 16.3 Å². The van der Waals surface area contributed by atoms with Crippen LogP contribution >= 0.6 is 11.6 Å². The van der Waals surface area contributed by atoms with Crippen molar-refractivity contribution in [3.8, 4) is 11.4 Å². The third kappa shape index (κ3) is 5.22. The zero-order valence-corrected chi connectivity index (χ0v) is 20.6. The molecule has 186 valence electrons. The average Bonchev–Trinajstić information content (AvgIpc) is 3.34. The quantitative estimate of drug-likeness (QED) is 0.539. The predicted molar refractivity (Wildman–Crippen MR) is 129 cm³/mol. The molecule has 34 heavy (non-hydrogen) atoms. The Bertz CT molecular complexity index is 1160. The van der Waals surface area contributed by atoms with Gasteiger partial charge in [0.2, 0.25) is 5.75 Å². The van der Waals surface area contributed by atoms with E-state index in [2.05, 4.69) is 5.10 Å². The summed E-state index contributed by atoms with van der Waals surface area (Å²) in [4.78, 5) is 15.4. The SMILES string of the molecule is CN(CCF)S(=O)(=O)N1CCN(c2cnn(-c3cccc(Cl)c3)c(=O)c2OC2CCCC2)CC1. The zero-order chi connectivity index (χ0) is 24.3. The Labute approximate surface area is 203 Å². The maximum absolute atomic E-state index is 13.5. The summed E-state index contributed by atoms with van der Waals surface area (Å²) in [6, 6.07) is 6.87. The minimum Gasteiger partial charge on any atom is -0.483 e. The van der Waals surface area contributed by atoms with Crippen LogP contribution in [0, 0.1) is 0 Å². The van der Waals surface area contributed by atoms with E-state index in [0.29, 0.717) is 29.5 Å². The lowest BCUT2D eigenvalue weighted by atomic mass is 10.2. The first-order chi connectivity index (χ1) is 16.3. The Morgan fingerprint density at radius 2 is 1.91 bits per heavy atom. The Morgan fingerprint density at radius 1 is 1.21 bits per heavy atom. The Morgan fingerprint density at radius 3 is 2.56 bits per heavy atom. The summed E-state index contributed by atoms with van der Waals surface area (Å²) in [7, 11) is -2.37. The van der Waals surface area contributed by atoms with Gasteiger partial charge in [0.05, 0.1) is 18.0 Å². The molecule has 12 heteroatoms. The second-order valence-electron chi connectivity index (χ2n) is 8.48. The third-order valence-electron chi connectivity index (χ3n) is 6.25. The van der Waals surface area contributed by atoms with Crippen molar-refractivity contribution in [3.05, 3.63) is 45.8 Å². The lowest BCUT2D eigenvalue weighted by Gasteiger charge is -2.37. The molecule has 1 aliphatic carbocycles. The van der Waals surface area contributed by atoms with E-state index >= 15 is 0 Å². The highest BCUT2D eigenvalue weighted by atomic mass is 35.5.